The van der Waals surface area contributed by atoms with Gasteiger partial charge in [-0.25, -0.2) is 10.1 Å². The summed E-state index contributed by atoms with van der Waals surface area (Å²) < 4.78 is 4.47. The Morgan fingerprint density at radius 1 is 1.40 bits per heavy atom. The Hall–Kier alpha value is -1.72. The van der Waals surface area contributed by atoms with E-state index in [0.29, 0.717) is 0 Å². The molecule has 2 aromatic heterocycles. The van der Waals surface area contributed by atoms with E-state index in [2.05, 4.69) is 30.0 Å². The average Bonchev–Trinajstić information content (AvgIpc) is 2.67. The fourth-order valence-electron chi connectivity index (χ4n) is 0.305. The smallest absolute Gasteiger partial charge is 0.180 e. The van der Waals surface area contributed by atoms with Crippen molar-refractivity contribution in [1.29, 1.82) is 0 Å². The molecule has 6 nitrogen and oxygen atoms in total. The molecule has 0 aliphatic carbocycles. The van der Waals surface area contributed by atoms with E-state index in [-0.39, 0.29) is 0 Å². The number of hydrogen-bond acceptors (Lipinski definition) is 5. The number of rotatable bonds is 0. The van der Waals surface area contributed by atoms with E-state index in [4.69, 9.17) is 0 Å². The summed E-state index contributed by atoms with van der Waals surface area (Å²) in [5, 5.41) is 12.1. The van der Waals surface area contributed by atoms with Gasteiger partial charge in [0.05, 0.1) is 6.20 Å². The molecule has 10 heavy (non-hydrogen) atoms. The highest BCUT2D eigenvalue weighted by Gasteiger charge is 1.59. The second-order valence-electron chi connectivity index (χ2n) is 1.24. The van der Waals surface area contributed by atoms with E-state index >= 15 is 0 Å². The van der Waals surface area contributed by atoms with E-state index in [1.165, 1.54) is 19.0 Å². The molecule has 0 amide bonds. The quantitative estimate of drug-likeness (QED) is 0.550. The zero-order chi connectivity index (χ0) is 7.07. The minimum absolute atomic E-state index is 1.38. The molecular formula is C4H5N5O. The Labute approximate surface area is 56.3 Å². The first-order valence-corrected chi connectivity index (χ1v) is 2.49. The monoisotopic (exact) mass is 139 g/mol. The fraction of sp³-hybridized carbons (Fsp3) is 0. The SMILES string of the molecule is c1cocn1.c1nnn[nH]1. The van der Waals surface area contributed by atoms with Crippen LogP contribution in [0.15, 0.2) is 29.6 Å². The van der Waals surface area contributed by atoms with Gasteiger partial charge in [0.25, 0.3) is 0 Å². The molecule has 0 atom stereocenters. The van der Waals surface area contributed by atoms with Crippen LogP contribution in [0.2, 0.25) is 0 Å². The number of tetrazole rings is 1. The summed E-state index contributed by atoms with van der Waals surface area (Å²) in [5.41, 5.74) is 0. The third-order valence-corrected chi connectivity index (χ3v) is 0.617. The first-order valence-electron chi connectivity index (χ1n) is 2.49. The molecule has 0 fully saturated rings. The Kier molecular flexibility index (Phi) is 2.68. The van der Waals surface area contributed by atoms with Crippen LogP contribution in [0.5, 0.6) is 0 Å². The summed E-state index contributed by atoms with van der Waals surface area (Å²) in [6.07, 6.45) is 5.88. The second-order valence-corrected chi connectivity index (χ2v) is 1.24. The van der Waals surface area contributed by atoms with Crippen LogP contribution < -0.4 is 0 Å². The number of aromatic amines is 1. The van der Waals surface area contributed by atoms with Crippen molar-refractivity contribution in [3.8, 4) is 0 Å². The molecule has 0 saturated carbocycles. The molecule has 0 aromatic carbocycles. The van der Waals surface area contributed by atoms with Crippen molar-refractivity contribution < 1.29 is 4.42 Å². The molecule has 0 radical (unpaired) electrons. The molecule has 6 heteroatoms. The number of oxazole rings is 1. The molecule has 1 N–H and O–H groups in total. The predicted molar refractivity (Wildman–Crippen MR) is 30.7 cm³/mol. The highest BCUT2D eigenvalue weighted by molar-refractivity contribution is 4.56. The van der Waals surface area contributed by atoms with Crippen LogP contribution in [-0.4, -0.2) is 25.6 Å². The molecule has 0 spiro atoms. The Morgan fingerprint density at radius 3 is 2.60 bits per heavy atom. The minimum atomic E-state index is 1.38. The molecule has 0 unspecified atom stereocenters. The number of hydrogen-bond donors (Lipinski definition) is 1. The van der Waals surface area contributed by atoms with Gasteiger partial charge in [-0.2, -0.15) is 0 Å². The molecule has 0 aliphatic rings. The minimum Gasteiger partial charge on any atom is -0.452 e. The summed E-state index contributed by atoms with van der Waals surface area (Å²) in [4.78, 5) is 3.56. The second kappa shape index (κ2) is 4.19. The zero-order valence-electron chi connectivity index (χ0n) is 5.01. The van der Waals surface area contributed by atoms with Crippen molar-refractivity contribution >= 4 is 0 Å². The number of aromatic nitrogens is 5. The maximum absolute atomic E-state index is 4.47. The lowest BCUT2D eigenvalue weighted by atomic mass is 11.0. The largest absolute Gasteiger partial charge is 0.452 e. The lowest BCUT2D eigenvalue weighted by Crippen LogP contribution is -1.64. The summed E-state index contributed by atoms with van der Waals surface area (Å²) in [5.74, 6) is 0. The van der Waals surface area contributed by atoms with Gasteiger partial charge in [-0.15, -0.1) is 5.10 Å². The van der Waals surface area contributed by atoms with E-state index in [1.807, 2.05) is 0 Å². The van der Waals surface area contributed by atoms with E-state index in [1.54, 1.807) is 6.20 Å². The third-order valence-electron chi connectivity index (χ3n) is 0.617. The predicted octanol–water partition coefficient (Wildman–Crippen LogP) is -0.126. The average molecular weight is 139 g/mol. The van der Waals surface area contributed by atoms with Crippen molar-refractivity contribution in [3.63, 3.8) is 0 Å². The van der Waals surface area contributed by atoms with Gasteiger partial charge in [0.15, 0.2) is 6.39 Å². The van der Waals surface area contributed by atoms with Crippen molar-refractivity contribution in [2.24, 2.45) is 0 Å². The Balaban J connectivity index is 0.0000001000. The van der Waals surface area contributed by atoms with Gasteiger partial charge in [0.1, 0.15) is 12.6 Å². The van der Waals surface area contributed by atoms with Crippen molar-refractivity contribution in [2.45, 2.75) is 0 Å². The lowest BCUT2D eigenvalue weighted by Gasteiger charge is -1.47. The normalized spacial score (nSPS) is 8.00. The molecule has 2 heterocycles. The van der Waals surface area contributed by atoms with Crippen molar-refractivity contribution in [1.82, 2.24) is 25.6 Å². The van der Waals surface area contributed by atoms with Gasteiger partial charge in [0, 0.05) is 0 Å². The molecule has 0 saturated heterocycles. The highest BCUT2D eigenvalue weighted by atomic mass is 16.3. The van der Waals surface area contributed by atoms with Crippen LogP contribution in [-0.2, 0) is 0 Å². The maximum atomic E-state index is 4.47. The van der Waals surface area contributed by atoms with Crippen LogP contribution in [0.4, 0.5) is 0 Å². The van der Waals surface area contributed by atoms with Crippen LogP contribution in [0.25, 0.3) is 0 Å². The van der Waals surface area contributed by atoms with Crippen LogP contribution in [0.1, 0.15) is 0 Å². The molecule has 0 bridgehead atoms. The van der Waals surface area contributed by atoms with Crippen molar-refractivity contribution in [3.05, 3.63) is 25.2 Å². The van der Waals surface area contributed by atoms with Gasteiger partial charge >= 0.3 is 0 Å². The van der Waals surface area contributed by atoms with E-state index in [0.717, 1.165) is 0 Å². The topological polar surface area (TPSA) is 80.5 Å². The van der Waals surface area contributed by atoms with Gasteiger partial charge in [0.2, 0.25) is 0 Å². The first kappa shape index (κ1) is 6.40. The first-order chi connectivity index (χ1) is 5.00. The lowest BCUT2D eigenvalue weighted by molar-refractivity contribution is 0.558. The van der Waals surface area contributed by atoms with Crippen LogP contribution >= 0.6 is 0 Å². The molecular weight excluding hydrogens is 134 g/mol. The van der Waals surface area contributed by atoms with E-state index < -0.39 is 0 Å². The summed E-state index contributed by atoms with van der Waals surface area (Å²) in [7, 11) is 0. The van der Waals surface area contributed by atoms with Gasteiger partial charge in [-0.3, -0.25) is 0 Å². The summed E-state index contributed by atoms with van der Waals surface area (Å²) in [6.45, 7) is 0. The molecule has 52 valence electrons. The van der Waals surface area contributed by atoms with Crippen molar-refractivity contribution in [2.75, 3.05) is 0 Å². The van der Waals surface area contributed by atoms with Gasteiger partial charge in [-0.1, -0.05) is 0 Å². The fourth-order valence-corrected chi connectivity index (χ4v) is 0.305. The summed E-state index contributed by atoms with van der Waals surface area (Å²) in [6, 6.07) is 0. The summed E-state index contributed by atoms with van der Waals surface area (Å²) >= 11 is 0. The molecule has 0 aliphatic heterocycles. The highest BCUT2D eigenvalue weighted by Crippen LogP contribution is 1.72. The maximum Gasteiger partial charge on any atom is 0.180 e. The molecule has 2 rings (SSSR count). The Morgan fingerprint density at radius 2 is 2.40 bits per heavy atom. The van der Waals surface area contributed by atoms with Gasteiger partial charge < -0.3 is 4.42 Å². The standard InChI is InChI=1S/C3H3NO.CH2N4/c1-2-5-3-4-1;1-2-4-5-3-1/h1-3H;1H,(H,2,3,4,5). The Bertz CT molecular complexity index is 153. The van der Waals surface area contributed by atoms with E-state index in [9.17, 15) is 0 Å². The van der Waals surface area contributed by atoms with Crippen LogP contribution in [0.3, 0.4) is 0 Å². The molecule has 2 aromatic rings. The van der Waals surface area contributed by atoms with Gasteiger partial charge in [-0.05, 0) is 10.4 Å². The van der Waals surface area contributed by atoms with Crippen LogP contribution in [0, 0.1) is 0 Å². The number of nitrogens with one attached hydrogen (secondary N) is 1. The zero-order valence-corrected chi connectivity index (χ0v) is 5.01. The third kappa shape index (κ3) is 2.55. The number of H-pyrrole nitrogens is 1. The number of nitrogens with zero attached hydrogens (tertiary/aromatic N) is 4.